The van der Waals surface area contributed by atoms with Crippen LogP contribution in [0.2, 0.25) is 0 Å². The van der Waals surface area contributed by atoms with Crippen LogP contribution >= 0.6 is 7.81 Å². The summed E-state index contributed by atoms with van der Waals surface area (Å²) in [5.41, 5.74) is 42.4. The van der Waals surface area contributed by atoms with Crippen LogP contribution in [0, 0.1) is 20.2 Å². The summed E-state index contributed by atoms with van der Waals surface area (Å²) < 4.78 is 79.3. The molecule has 0 atom stereocenters. The number of carboxylic acids is 2. The molecule has 0 saturated carbocycles. The third-order valence-electron chi connectivity index (χ3n) is 10.4. The summed E-state index contributed by atoms with van der Waals surface area (Å²) in [6.07, 6.45) is 1.77. The van der Waals surface area contributed by atoms with Gasteiger partial charge in [0, 0.05) is 61.6 Å². The summed E-state index contributed by atoms with van der Waals surface area (Å²) in [6.45, 7) is 5.12. The minimum Gasteiger partial charge on any atom is -0.545 e. The van der Waals surface area contributed by atoms with E-state index < -0.39 is 29.6 Å². The van der Waals surface area contributed by atoms with Gasteiger partial charge in [-0.3, -0.25) is 35.0 Å². The van der Waals surface area contributed by atoms with E-state index in [0.717, 1.165) is 51.2 Å². The third-order valence-corrected chi connectivity index (χ3v) is 10.4. The fraction of sp³-hybridized carbons (Fsp3) is 0.269. The van der Waals surface area contributed by atoms with Gasteiger partial charge in [-0.15, -0.1) is 0 Å². The molecule has 2 radical (unpaired) electrons. The van der Waals surface area contributed by atoms with Crippen LogP contribution in [-0.4, -0.2) is 76.4 Å². The summed E-state index contributed by atoms with van der Waals surface area (Å²) in [7, 11) is -4.68. The van der Waals surface area contributed by atoms with Crippen molar-refractivity contribution >= 4 is 31.1 Å². The SMILES string of the molecule is COc1cccc(CNCCCNCc2cccc(OC)c2[O-])c1[O-].COc1cccc(CNCCCNCc2cccc(OC)c2[O-])c1[O-].F[P-](F)(F)(F)(F)F.O=C([O-])c1cccc([N+](=O)[O-])c1.O=C([O-])c1cccc([N+](=O)[O-])c1.[Co+2].[Co+2].[Co+3].[Co+3].[N-]=[N+]=[N-].[N-]=[N+]=[N-].[N-]=[N+]=[N-]. The second-order valence-corrected chi connectivity index (χ2v) is 18.5. The van der Waals surface area contributed by atoms with E-state index in [0.29, 0.717) is 71.4 Å². The van der Waals surface area contributed by atoms with Gasteiger partial charge in [-0.25, -0.2) is 0 Å². The number of methoxy groups -OCH3 is 4. The standard InChI is InChI=1S/2C19H26N2O4.2C7H5NO4.4Co.F6P.3N3/c2*1-24-16-8-3-6-14(18(16)22)12-20-10-5-11-21-13-15-7-4-9-17(25-2)19(15)23;2*9-7(10)5-2-1-3-6(4-5)8(11)12;;;;;1-7(2,3,4,5)6;3*1-3-2/h2*3-4,6-9,20-23H,5,10-13H2,1-2H3;2*1-4H,(H,9,10);;;;;;;;/q;;;;2*+2;2*+3;4*-1/p-6. The predicted octanol–water partition coefficient (Wildman–Crippen LogP) is 8.13. The van der Waals surface area contributed by atoms with Gasteiger partial charge in [-0.2, -0.15) is 0 Å². The normalized spacial score (nSPS) is 10.0. The first kappa shape index (κ1) is 96.4. The van der Waals surface area contributed by atoms with Crippen molar-refractivity contribution in [1.29, 1.82) is 0 Å². The van der Waals surface area contributed by atoms with Gasteiger partial charge in [0.1, 0.15) is 23.0 Å². The Labute approximate surface area is 573 Å². The van der Waals surface area contributed by atoms with E-state index >= 15 is 0 Å². The molecule has 4 N–H and O–H groups in total. The van der Waals surface area contributed by atoms with Crippen LogP contribution in [-0.2, 0) is 93.3 Å². The van der Waals surface area contributed by atoms with Crippen LogP contribution in [0.15, 0.2) is 121 Å². The maximum Gasteiger partial charge on any atom is 3.00 e. The fourth-order valence-corrected chi connectivity index (χ4v) is 6.51. The van der Waals surface area contributed by atoms with E-state index in [1.165, 1.54) is 79.6 Å². The van der Waals surface area contributed by atoms with Crippen molar-refractivity contribution in [2.24, 2.45) is 0 Å². The van der Waals surface area contributed by atoms with E-state index in [1.54, 1.807) is 48.5 Å². The molecule has 0 aliphatic heterocycles. The third kappa shape index (κ3) is 45.5. The van der Waals surface area contributed by atoms with Crippen molar-refractivity contribution in [3.05, 3.63) is 223 Å². The van der Waals surface area contributed by atoms with Crippen LogP contribution < -0.4 is 70.9 Å². The zero-order valence-electron chi connectivity index (χ0n) is 49.1. The minimum absolute atomic E-state index is 0. The number of carbonyl (C=O) groups excluding carboxylic acids is 2. The second kappa shape index (κ2) is 50.8. The number of para-hydroxylation sites is 4. The monoisotopic (exact) mass is 1530 g/mol. The topological polar surface area (TPSA) is 520 Å². The van der Waals surface area contributed by atoms with Gasteiger partial charge in [0.25, 0.3) is 11.4 Å². The summed E-state index contributed by atoms with van der Waals surface area (Å²) in [5.74, 6) is -1.65. The molecule has 0 aliphatic carbocycles. The number of non-ortho nitro benzene ring substituents is 2. The average Bonchev–Trinajstić information content (AvgIpc) is 0.822. The molecule has 0 aromatic heterocycles. The number of nitrogens with zero attached hydrogens (tertiary/aromatic N) is 11. The Bertz CT molecular complexity index is 2960. The molecular weight excluding hydrogens is 1470 g/mol. The van der Waals surface area contributed by atoms with Crippen LogP contribution in [0.1, 0.15) is 55.8 Å². The number of hydrogen-bond acceptors (Lipinski definition) is 20. The van der Waals surface area contributed by atoms with Gasteiger partial charge in [-0.1, -0.05) is 95.8 Å². The van der Waals surface area contributed by atoms with E-state index in [4.69, 9.17) is 52.1 Å². The van der Waals surface area contributed by atoms with E-state index in [2.05, 4.69) is 21.3 Å². The first-order chi connectivity index (χ1) is 42.2. The van der Waals surface area contributed by atoms with Gasteiger partial charge in [0.2, 0.25) is 0 Å². The Morgan fingerprint density at radius 3 is 0.798 bits per heavy atom. The Kier molecular flexibility index (Phi) is 52.1. The van der Waals surface area contributed by atoms with Crippen molar-refractivity contribution in [2.45, 2.75) is 39.0 Å². The number of halogens is 6. The van der Waals surface area contributed by atoms with Crippen LogP contribution in [0.25, 0.3) is 47.9 Å². The number of aromatic carboxylic acids is 2. The predicted molar refractivity (Wildman–Crippen MR) is 304 cm³/mol. The summed E-state index contributed by atoms with van der Waals surface area (Å²) >= 11 is 0. The van der Waals surface area contributed by atoms with Crippen molar-refractivity contribution in [3.63, 3.8) is 0 Å². The Balaban J connectivity index is -0.000000260. The Morgan fingerprint density at radius 1 is 0.436 bits per heavy atom. The quantitative estimate of drug-likeness (QED) is 0.00649. The van der Waals surface area contributed by atoms with Crippen LogP contribution in [0.3, 0.4) is 0 Å². The molecule has 0 spiro atoms. The summed E-state index contributed by atoms with van der Waals surface area (Å²) in [5, 5.41) is 102. The van der Waals surface area contributed by atoms with Gasteiger partial charge in [0.15, 0.2) is 0 Å². The number of rotatable bonds is 24. The summed E-state index contributed by atoms with van der Waals surface area (Å²) in [6, 6.07) is 30.5. The molecule has 0 fully saturated rings. The number of nitro benzene ring substituents is 2. The van der Waals surface area contributed by atoms with Crippen molar-refractivity contribution in [1.82, 2.24) is 21.3 Å². The number of ether oxygens (including phenoxy) is 4. The molecule has 0 unspecified atom stereocenters. The molecule has 0 bridgehead atoms. The first-order valence-electron chi connectivity index (χ1n) is 24.8. The van der Waals surface area contributed by atoms with Gasteiger partial charge >= 0.3 is 100 Å². The fourth-order valence-electron chi connectivity index (χ4n) is 6.51. The number of carbonyl (C=O) groups is 2. The van der Waals surface area contributed by atoms with Gasteiger partial charge in [0.05, 0.1) is 50.2 Å². The van der Waals surface area contributed by atoms with Crippen molar-refractivity contribution < 1.29 is 161 Å². The smallest absolute Gasteiger partial charge is 0.545 e. The zero-order valence-corrected chi connectivity index (χ0v) is 54.2. The molecule has 94 heavy (non-hydrogen) atoms. The minimum atomic E-state index is -10.7. The molecule has 0 amide bonds. The molecule has 6 aromatic rings. The molecule has 6 rings (SSSR count). The molecule has 518 valence electrons. The largest absolute Gasteiger partial charge is 3.00 e. The number of carboxylic acid groups (broad SMARTS) is 2. The Hall–Kier alpha value is -8.73. The van der Waals surface area contributed by atoms with Crippen LogP contribution in [0.4, 0.5) is 36.6 Å². The number of nitrogens with one attached hydrogen (secondary N) is 4. The number of hydrogen-bond donors (Lipinski definition) is 4. The summed E-state index contributed by atoms with van der Waals surface area (Å²) in [4.78, 5) is 44.0. The molecule has 42 heteroatoms. The molecular formula is C52H56Co4F6N15O16P. The van der Waals surface area contributed by atoms with E-state index in [9.17, 15) is 85.6 Å². The maximum absolute atomic E-state index is 12.0. The zero-order chi connectivity index (χ0) is 68.9. The van der Waals surface area contributed by atoms with Crippen molar-refractivity contribution in [2.75, 3.05) is 54.6 Å². The molecule has 0 heterocycles. The number of nitro groups is 2. The van der Waals surface area contributed by atoms with Crippen molar-refractivity contribution in [3.8, 4) is 46.0 Å². The van der Waals surface area contributed by atoms with E-state index in [1.807, 2.05) is 24.3 Å². The average molecular weight is 1530 g/mol. The first-order valence-corrected chi connectivity index (χ1v) is 26.9. The Morgan fingerprint density at radius 2 is 0.628 bits per heavy atom. The molecule has 0 saturated heterocycles. The van der Waals surface area contributed by atoms with Gasteiger partial charge in [-0.05, 0) is 85.5 Å². The molecule has 31 nitrogen and oxygen atoms in total. The van der Waals surface area contributed by atoms with E-state index in [-0.39, 0.29) is 113 Å². The van der Waals surface area contributed by atoms with Gasteiger partial charge < -0.3 is 114 Å². The maximum atomic E-state index is 12.0. The molecule has 6 aromatic carbocycles. The second-order valence-electron chi connectivity index (χ2n) is 16.6. The van der Waals surface area contributed by atoms with Crippen LogP contribution in [0.5, 0.6) is 46.0 Å². The molecule has 0 aliphatic rings. The number of benzene rings is 6.